The first-order chi connectivity index (χ1) is 11.9. The van der Waals surface area contributed by atoms with Gasteiger partial charge < -0.3 is 4.90 Å². The van der Waals surface area contributed by atoms with Gasteiger partial charge in [0.15, 0.2) is 0 Å². The van der Waals surface area contributed by atoms with Crippen molar-refractivity contribution >= 4 is 41.7 Å². The van der Waals surface area contributed by atoms with E-state index in [-0.39, 0.29) is 18.0 Å². The third-order valence-corrected chi connectivity index (χ3v) is 5.19. The van der Waals surface area contributed by atoms with Gasteiger partial charge in [0.25, 0.3) is 0 Å². The van der Waals surface area contributed by atoms with Crippen molar-refractivity contribution in [2.45, 2.75) is 25.8 Å². The fraction of sp³-hybridized carbons (Fsp3) is 0.211. The van der Waals surface area contributed by atoms with Crippen LogP contribution in [0, 0.1) is 22.8 Å². The number of hydrogen-bond donors (Lipinski definition) is 0. The van der Waals surface area contributed by atoms with Crippen molar-refractivity contribution in [1.29, 1.82) is 0 Å². The van der Waals surface area contributed by atoms with Crippen molar-refractivity contribution in [3.05, 3.63) is 64.7 Å². The van der Waals surface area contributed by atoms with E-state index in [9.17, 15) is 13.6 Å². The van der Waals surface area contributed by atoms with E-state index in [1.54, 1.807) is 6.07 Å². The van der Waals surface area contributed by atoms with E-state index >= 15 is 0 Å². The molecule has 0 aromatic heterocycles. The minimum atomic E-state index is -0.749. The summed E-state index contributed by atoms with van der Waals surface area (Å²) in [4.78, 5) is 14.3. The number of carbonyl (C=O) groups is 1. The molecule has 0 fully saturated rings. The van der Waals surface area contributed by atoms with Crippen LogP contribution in [0.25, 0.3) is 0 Å². The highest BCUT2D eigenvalue weighted by Gasteiger charge is 2.44. The number of nitrogens with zero attached hydrogens (tertiary/aromatic N) is 1. The third kappa shape index (κ3) is 3.27. The second-order valence-electron chi connectivity index (χ2n) is 6.25. The van der Waals surface area contributed by atoms with Gasteiger partial charge in [-0.1, -0.05) is 18.1 Å². The molecule has 1 heterocycles. The zero-order chi connectivity index (χ0) is 18.2. The molecule has 1 aliphatic rings. The monoisotopic (exact) mass is 469 g/mol. The van der Waals surface area contributed by atoms with Gasteiger partial charge in [0, 0.05) is 38.0 Å². The SMILES string of the molecule is CC1(C)C(=O)N(Cc2c(F)cccc2F)c2cc(C#CSI)ccc21. The molecule has 0 radical (unpaired) electrons. The second-order valence-corrected chi connectivity index (χ2v) is 7.93. The summed E-state index contributed by atoms with van der Waals surface area (Å²) in [5.74, 6) is 1.50. The van der Waals surface area contributed by atoms with E-state index in [0.717, 1.165) is 11.1 Å². The van der Waals surface area contributed by atoms with E-state index in [1.165, 1.54) is 32.0 Å². The van der Waals surface area contributed by atoms with E-state index in [1.807, 2.05) is 26.0 Å². The summed E-state index contributed by atoms with van der Waals surface area (Å²) in [6.07, 6.45) is 0. The molecule has 0 saturated carbocycles. The van der Waals surface area contributed by atoms with Gasteiger partial charge >= 0.3 is 0 Å². The quantitative estimate of drug-likeness (QED) is 0.446. The van der Waals surface area contributed by atoms with Crippen molar-refractivity contribution in [2.24, 2.45) is 0 Å². The lowest BCUT2D eigenvalue weighted by atomic mass is 9.86. The lowest BCUT2D eigenvalue weighted by Crippen LogP contribution is -2.36. The maximum atomic E-state index is 14.0. The molecule has 0 unspecified atom stereocenters. The zero-order valence-corrected chi connectivity index (χ0v) is 16.5. The van der Waals surface area contributed by atoms with E-state index < -0.39 is 17.0 Å². The van der Waals surface area contributed by atoms with Crippen LogP contribution in [0.4, 0.5) is 14.5 Å². The minimum absolute atomic E-state index is 0.112. The standard InChI is InChI=1S/C19H14F2INOS/c1-19(2)14-7-6-12(8-9-25-22)10-17(14)23(18(19)24)11-13-15(20)4-3-5-16(13)21/h3-7,10H,11H2,1-2H3. The molecule has 0 bridgehead atoms. The topological polar surface area (TPSA) is 20.3 Å². The smallest absolute Gasteiger partial charge is 0.237 e. The molecule has 6 heteroatoms. The summed E-state index contributed by atoms with van der Waals surface area (Å²) >= 11 is 2.08. The highest BCUT2D eigenvalue weighted by atomic mass is 127. The first-order valence-electron chi connectivity index (χ1n) is 7.54. The normalized spacial score (nSPS) is 14.9. The van der Waals surface area contributed by atoms with Crippen LogP contribution < -0.4 is 4.90 Å². The molecule has 2 aromatic carbocycles. The summed E-state index contributed by atoms with van der Waals surface area (Å²) in [6.45, 7) is 3.49. The van der Waals surface area contributed by atoms with Gasteiger partial charge in [-0.05, 0) is 57.9 Å². The molecule has 128 valence electrons. The number of benzene rings is 2. The maximum absolute atomic E-state index is 14.0. The van der Waals surface area contributed by atoms with Gasteiger partial charge in [0.1, 0.15) is 11.6 Å². The van der Waals surface area contributed by atoms with Gasteiger partial charge in [0.2, 0.25) is 5.91 Å². The Morgan fingerprint density at radius 1 is 1.20 bits per heavy atom. The maximum Gasteiger partial charge on any atom is 0.237 e. The lowest BCUT2D eigenvalue weighted by molar-refractivity contribution is -0.122. The summed E-state index contributed by atoms with van der Waals surface area (Å²) in [6, 6.07) is 9.25. The highest BCUT2D eigenvalue weighted by Crippen LogP contribution is 2.43. The molecule has 0 aliphatic carbocycles. The third-order valence-electron chi connectivity index (χ3n) is 4.35. The Labute approximate surface area is 161 Å². The Kier molecular flexibility index (Phi) is 5.07. The van der Waals surface area contributed by atoms with Crippen LogP contribution in [0.15, 0.2) is 36.4 Å². The molecule has 3 rings (SSSR count). The molecule has 25 heavy (non-hydrogen) atoms. The molecule has 1 amide bonds. The number of anilines is 1. The molecule has 0 atom stereocenters. The van der Waals surface area contributed by atoms with Crippen LogP contribution in [0.3, 0.4) is 0 Å². The van der Waals surface area contributed by atoms with Crippen molar-refractivity contribution in [2.75, 3.05) is 4.90 Å². The van der Waals surface area contributed by atoms with E-state index in [4.69, 9.17) is 0 Å². The fourth-order valence-corrected chi connectivity index (χ4v) is 3.49. The fourth-order valence-electron chi connectivity index (χ4n) is 3.00. The molecular weight excluding hydrogens is 455 g/mol. The van der Waals surface area contributed by atoms with Crippen molar-refractivity contribution < 1.29 is 13.6 Å². The largest absolute Gasteiger partial charge is 0.307 e. The Hall–Kier alpha value is -1.59. The van der Waals surface area contributed by atoms with Gasteiger partial charge in [-0.3, -0.25) is 4.79 Å². The summed E-state index contributed by atoms with van der Waals surface area (Å²) in [5, 5.41) is 2.90. The average Bonchev–Trinajstić information content (AvgIpc) is 2.76. The van der Waals surface area contributed by atoms with Crippen LogP contribution in [0.2, 0.25) is 0 Å². The van der Waals surface area contributed by atoms with Crippen molar-refractivity contribution in [3.8, 4) is 11.2 Å². The van der Waals surface area contributed by atoms with E-state index in [0.29, 0.717) is 5.69 Å². The number of fused-ring (bicyclic) bond motifs is 1. The van der Waals surface area contributed by atoms with Gasteiger partial charge in [-0.15, -0.1) is 0 Å². The summed E-state index contributed by atoms with van der Waals surface area (Å²) in [7, 11) is 1.37. The predicted octanol–water partition coefficient (Wildman–Crippen LogP) is 5.18. The Morgan fingerprint density at radius 3 is 2.52 bits per heavy atom. The van der Waals surface area contributed by atoms with Crippen LogP contribution in [0.5, 0.6) is 0 Å². The Balaban J connectivity index is 2.08. The van der Waals surface area contributed by atoms with Gasteiger partial charge in [-0.2, -0.15) is 0 Å². The average molecular weight is 469 g/mol. The highest BCUT2D eigenvalue weighted by molar-refractivity contribution is 14.2. The van der Waals surface area contributed by atoms with Crippen LogP contribution in [-0.2, 0) is 16.8 Å². The van der Waals surface area contributed by atoms with Gasteiger partial charge in [-0.25, -0.2) is 8.78 Å². The predicted molar refractivity (Wildman–Crippen MR) is 106 cm³/mol. The molecule has 0 N–H and O–H groups in total. The number of hydrogen-bond acceptors (Lipinski definition) is 2. The Bertz CT molecular complexity index is 897. The Morgan fingerprint density at radius 2 is 1.88 bits per heavy atom. The number of amides is 1. The second kappa shape index (κ2) is 6.96. The number of carbonyl (C=O) groups excluding carboxylic acids is 1. The summed E-state index contributed by atoms with van der Waals surface area (Å²) in [5.41, 5.74) is 1.39. The van der Waals surface area contributed by atoms with Gasteiger partial charge in [0.05, 0.1) is 12.0 Å². The number of rotatable bonds is 2. The van der Waals surface area contributed by atoms with Crippen molar-refractivity contribution in [3.63, 3.8) is 0 Å². The summed E-state index contributed by atoms with van der Waals surface area (Å²) < 4.78 is 28.1. The molecule has 1 aliphatic heterocycles. The zero-order valence-electron chi connectivity index (χ0n) is 13.6. The number of halogens is 3. The lowest BCUT2D eigenvalue weighted by Gasteiger charge is -2.21. The molecule has 2 aromatic rings. The van der Waals surface area contributed by atoms with Crippen LogP contribution >= 0.6 is 30.1 Å². The molecular formula is C19H14F2INOS. The first-order valence-corrected chi connectivity index (χ1v) is 10.9. The molecule has 2 nitrogen and oxygen atoms in total. The molecule has 0 spiro atoms. The molecule has 0 saturated heterocycles. The van der Waals surface area contributed by atoms with Crippen LogP contribution in [0.1, 0.15) is 30.5 Å². The first kappa shape index (κ1) is 18.2. The van der Waals surface area contributed by atoms with Crippen molar-refractivity contribution in [1.82, 2.24) is 0 Å². The minimum Gasteiger partial charge on any atom is -0.307 e. The van der Waals surface area contributed by atoms with Crippen LogP contribution in [-0.4, -0.2) is 5.91 Å². The van der Waals surface area contributed by atoms with E-state index in [2.05, 4.69) is 32.4 Å².